The molecule has 1 amide bonds. The number of amides is 1. The zero-order valence-corrected chi connectivity index (χ0v) is 26.4. The minimum atomic E-state index is -1.70. The van der Waals surface area contributed by atoms with Gasteiger partial charge in [-0.1, -0.05) is 37.3 Å². The normalized spacial score (nSPS) is 13.7. The Balaban J connectivity index is 2.08. The Hall–Kier alpha value is -4.77. The molecule has 0 fully saturated rings. The van der Waals surface area contributed by atoms with Gasteiger partial charge in [-0.2, -0.15) is 0 Å². The number of halogens is 4. The molecule has 0 aliphatic carbocycles. The van der Waals surface area contributed by atoms with E-state index < -0.39 is 46.4 Å². The van der Waals surface area contributed by atoms with E-state index in [-0.39, 0.29) is 23.4 Å². The van der Waals surface area contributed by atoms with Crippen molar-refractivity contribution >= 4 is 23.9 Å². The van der Waals surface area contributed by atoms with Crippen molar-refractivity contribution < 1.29 is 32.2 Å². The number of rotatable bonds is 13. The van der Waals surface area contributed by atoms with Crippen LogP contribution in [0, 0.1) is 5.82 Å². The van der Waals surface area contributed by atoms with E-state index in [4.69, 9.17) is 10.5 Å². The van der Waals surface area contributed by atoms with Crippen molar-refractivity contribution in [3.63, 3.8) is 0 Å². The SMILES string of the molecule is CCCN=Cc1cc(C(=O)NCC(c2ccccc2)c2cc(C(C)(C)O)c(F)c(/C=C/C(F)=C(F)\C=C(/C)F)n2)cc(OC)c1N. The van der Waals surface area contributed by atoms with E-state index in [1.165, 1.54) is 33.1 Å². The van der Waals surface area contributed by atoms with Crippen LogP contribution in [0.15, 0.2) is 83.2 Å². The highest BCUT2D eigenvalue weighted by Crippen LogP contribution is 2.32. The lowest BCUT2D eigenvalue weighted by Crippen LogP contribution is -2.30. The Bertz CT molecular complexity index is 1660. The summed E-state index contributed by atoms with van der Waals surface area (Å²) in [6.45, 7) is 6.23. The van der Waals surface area contributed by atoms with Gasteiger partial charge in [-0.15, -0.1) is 0 Å². The monoisotopic (exact) mass is 638 g/mol. The highest BCUT2D eigenvalue weighted by Gasteiger charge is 2.27. The number of aliphatic imine (C=N–C) groups is 1. The fourth-order valence-electron chi connectivity index (χ4n) is 4.50. The minimum absolute atomic E-state index is 0.0225. The molecule has 0 aliphatic heterocycles. The Morgan fingerprint density at radius 2 is 1.85 bits per heavy atom. The average Bonchev–Trinajstić information content (AvgIpc) is 3.01. The summed E-state index contributed by atoms with van der Waals surface area (Å²) in [6.07, 6.45) is 4.28. The number of hydrogen-bond donors (Lipinski definition) is 3. The lowest BCUT2D eigenvalue weighted by atomic mass is 9.90. The summed E-state index contributed by atoms with van der Waals surface area (Å²) >= 11 is 0. The number of carbonyl (C=O) groups is 1. The Kier molecular flexibility index (Phi) is 12.4. The molecule has 4 N–H and O–H groups in total. The molecule has 46 heavy (non-hydrogen) atoms. The summed E-state index contributed by atoms with van der Waals surface area (Å²) < 4.78 is 62.3. The largest absolute Gasteiger partial charge is 0.495 e. The number of nitrogens with two attached hydrogens (primary N) is 1. The van der Waals surface area contributed by atoms with E-state index in [1.54, 1.807) is 42.6 Å². The van der Waals surface area contributed by atoms with Crippen molar-refractivity contribution in [1.82, 2.24) is 10.3 Å². The number of methoxy groups -OCH3 is 1. The Labute approximate surface area is 266 Å². The summed E-state index contributed by atoms with van der Waals surface area (Å²) in [7, 11) is 1.44. The third-order valence-electron chi connectivity index (χ3n) is 6.87. The Morgan fingerprint density at radius 1 is 1.15 bits per heavy atom. The number of nitrogen functional groups attached to an aromatic ring is 1. The van der Waals surface area contributed by atoms with Gasteiger partial charge in [0.25, 0.3) is 5.91 Å². The van der Waals surface area contributed by atoms with Crippen LogP contribution >= 0.6 is 0 Å². The van der Waals surface area contributed by atoms with Gasteiger partial charge in [0.05, 0.1) is 35.6 Å². The molecule has 1 unspecified atom stereocenters. The molecule has 0 aliphatic rings. The van der Waals surface area contributed by atoms with Gasteiger partial charge in [0.2, 0.25) is 0 Å². The molecule has 1 atom stereocenters. The molecule has 1 heterocycles. The van der Waals surface area contributed by atoms with E-state index in [0.29, 0.717) is 41.3 Å². The first kappa shape index (κ1) is 35.7. The molecule has 3 rings (SSSR count). The van der Waals surface area contributed by atoms with Crippen LogP contribution in [0.1, 0.15) is 78.5 Å². The fraction of sp³-hybridized carbons (Fsp3) is 0.286. The number of pyridine rings is 1. The van der Waals surface area contributed by atoms with E-state index in [2.05, 4.69) is 15.3 Å². The molecule has 1 aromatic heterocycles. The molecular weight excluding hydrogens is 600 g/mol. The maximum absolute atomic E-state index is 15.6. The Morgan fingerprint density at radius 3 is 2.46 bits per heavy atom. The number of aliphatic hydroxyl groups is 1. The number of carbonyl (C=O) groups excluding carboxylic acids is 1. The third kappa shape index (κ3) is 9.37. The van der Waals surface area contributed by atoms with Crippen molar-refractivity contribution in [2.45, 2.75) is 45.6 Å². The van der Waals surface area contributed by atoms with Crippen LogP contribution in [-0.4, -0.2) is 42.4 Å². The zero-order chi connectivity index (χ0) is 34.0. The van der Waals surface area contributed by atoms with Crippen LogP contribution in [0.25, 0.3) is 6.08 Å². The predicted molar refractivity (Wildman–Crippen MR) is 173 cm³/mol. The highest BCUT2D eigenvalue weighted by atomic mass is 19.2. The molecule has 0 bridgehead atoms. The molecule has 11 heteroatoms. The minimum Gasteiger partial charge on any atom is -0.495 e. The fourth-order valence-corrected chi connectivity index (χ4v) is 4.50. The standard InChI is InChI=1S/C35H38F4N4O3/c1-6-14-41-19-24-16-23(17-31(46-5)33(24)40)34(44)42-20-25(22-10-8-7-9-11-22)30-18-26(35(3,4)45)32(39)29(43-30)13-12-27(37)28(38)15-21(2)36/h7-13,15-19,25,45H,6,14,20,40H2,1-5H3,(H,42,44)/b13-12+,21-15+,28-27-,41-19?. The average molecular weight is 639 g/mol. The van der Waals surface area contributed by atoms with Gasteiger partial charge in [0, 0.05) is 48.0 Å². The van der Waals surface area contributed by atoms with Crippen molar-refractivity contribution in [1.29, 1.82) is 0 Å². The zero-order valence-electron chi connectivity index (χ0n) is 26.4. The van der Waals surface area contributed by atoms with Crippen LogP contribution in [0.3, 0.4) is 0 Å². The van der Waals surface area contributed by atoms with Crippen molar-refractivity contribution in [3.05, 3.63) is 118 Å². The summed E-state index contributed by atoms with van der Waals surface area (Å²) in [5, 5.41) is 13.7. The lowest BCUT2D eigenvalue weighted by Gasteiger charge is -2.24. The molecule has 244 valence electrons. The van der Waals surface area contributed by atoms with Crippen LogP contribution in [0.2, 0.25) is 0 Å². The summed E-state index contributed by atoms with van der Waals surface area (Å²) in [4.78, 5) is 22.1. The molecule has 3 aromatic rings. The van der Waals surface area contributed by atoms with E-state index in [9.17, 15) is 23.1 Å². The number of hydrogen-bond acceptors (Lipinski definition) is 6. The second-order valence-electron chi connectivity index (χ2n) is 11.0. The maximum atomic E-state index is 15.6. The predicted octanol–water partition coefficient (Wildman–Crippen LogP) is 7.47. The van der Waals surface area contributed by atoms with Crippen LogP contribution in [0.5, 0.6) is 5.75 Å². The third-order valence-corrected chi connectivity index (χ3v) is 6.87. The summed E-state index contributed by atoms with van der Waals surface area (Å²) in [5.41, 5.74) is 5.97. The van der Waals surface area contributed by atoms with Gasteiger partial charge in [-0.05, 0) is 63.1 Å². The molecular formula is C35H38F4N4O3. The van der Waals surface area contributed by atoms with Gasteiger partial charge >= 0.3 is 0 Å². The van der Waals surface area contributed by atoms with E-state index in [0.717, 1.165) is 19.4 Å². The highest BCUT2D eigenvalue weighted by molar-refractivity contribution is 5.99. The summed E-state index contributed by atoms with van der Waals surface area (Å²) in [6, 6.07) is 13.4. The summed E-state index contributed by atoms with van der Waals surface area (Å²) in [5.74, 6) is -5.69. The molecule has 0 radical (unpaired) electrons. The van der Waals surface area contributed by atoms with Gasteiger partial charge < -0.3 is 20.9 Å². The molecule has 0 spiro atoms. The molecule has 2 aromatic carbocycles. The maximum Gasteiger partial charge on any atom is 0.251 e. The molecule has 0 saturated heterocycles. The number of nitrogens with one attached hydrogen (secondary N) is 1. The topological polar surface area (TPSA) is 110 Å². The van der Waals surface area contributed by atoms with Gasteiger partial charge in [-0.3, -0.25) is 9.79 Å². The number of nitrogens with zero attached hydrogens (tertiary/aromatic N) is 2. The lowest BCUT2D eigenvalue weighted by molar-refractivity contribution is 0.0741. The van der Waals surface area contributed by atoms with Gasteiger partial charge in [-0.25, -0.2) is 22.5 Å². The van der Waals surface area contributed by atoms with Crippen molar-refractivity contribution in [3.8, 4) is 5.75 Å². The van der Waals surface area contributed by atoms with E-state index >= 15 is 4.39 Å². The first-order valence-corrected chi connectivity index (χ1v) is 14.6. The number of anilines is 1. The van der Waals surface area contributed by atoms with Crippen molar-refractivity contribution in [2.24, 2.45) is 4.99 Å². The molecule has 0 saturated carbocycles. The smallest absolute Gasteiger partial charge is 0.251 e. The van der Waals surface area contributed by atoms with Crippen LogP contribution in [-0.2, 0) is 5.60 Å². The second-order valence-corrected chi connectivity index (χ2v) is 11.0. The van der Waals surface area contributed by atoms with Crippen LogP contribution < -0.4 is 15.8 Å². The quantitative estimate of drug-likeness (QED) is 0.0779. The van der Waals surface area contributed by atoms with E-state index in [1.807, 2.05) is 6.92 Å². The first-order chi connectivity index (χ1) is 21.8. The van der Waals surface area contributed by atoms with Crippen LogP contribution in [0.4, 0.5) is 23.2 Å². The number of aromatic nitrogens is 1. The first-order valence-electron chi connectivity index (χ1n) is 14.6. The van der Waals surface area contributed by atoms with Gasteiger partial charge in [0.1, 0.15) is 5.75 Å². The number of ether oxygens (including phenoxy) is 1. The van der Waals surface area contributed by atoms with Gasteiger partial charge in [0.15, 0.2) is 17.5 Å². The molecule has 7 nitrogen and oxygen atoms in total. The van der Waals surface area contributed by atoms with Crippen molar-refractivity contribution in [2.75, 3.05) is 25.9 Å². The second kappa shape index (κ2) is 16.0. The number of allylic oxidation sites excluding steroid dienone is 5. The number of benzene rings is 2.